The Balaban J connectivity index is 1.68. The van der Waals surface area contributed by atoms with Crippen molar-refractivity contribution in [3.8, 4) is 6.07 Å². The average Bonchev–Trinajstić information content (AvgIpc) is 3.46. The quantitative estimate of drug-likeness (QED) is 0.318. The summed E-state index contributed by atoms with van der Waals surface area (Å²) < 4.78 is 1.92. The molecule has 0 atom stereocenters. The van der Waals surface area contributed by atoms with E-state index in [1.165, 1.54) is 25.7 Å². The summed E-state index contributed by atoms with van der Waals surface area (Å²) in [6, 6.07) is 9.83. The number of nitrogens with one attached hydrogen (secondary N) is 1. The van der Waals surface area contributed by atoms with Gasteiger partial charge in [-0.15, -0.1) is 0 Å². The van der Waals surface area contributed by atoms with E-state index in [9.17, 15) is 14.9 Å². The zero-order valence-corrected chi connectivity index (χ0v) is 19.1. The number of likely N-dealkylation sites (tertiary alicyclic amines) is 1. The third-order valence-electron chi connectivity index (χ3n) is 6.06. The number of carbonyl (C=O) groups is 2. The number of hydrogen-bond acceptors (Lipinski definition) is 3. The zero-order valence-electron chi connectivity index (χ0n) is 19.1. The van der Waals surface area contributed by atoms with Gasteiger partial charge in [0.1, 0.15) is 18.2 Å². The summed E-state index contributed by atoms with van der Waals surface area (Å²) >= 11 is 0. The van der Waals surface area contributed by atoms with E-state index in [1.807, 2.05) is 46.0 Å². The molecule has 0 spiro atoms. The van der Waals surface area contributed by atoms with E-state index < -0.39 is 0 Å². The molecule has 1 aromatic heterocycles. The molecule has 6 nitrogen and oxygen atoms in total. The summed E-state index contributed by atoms with van der Waals surface area (Å²) in [5, 5.41) is 13.4. The lowest BCUT2D eigenvalue weighted by Crippen LogP contribution is -2.30. The minimum atomic E-state index is -0.342. The number of hydrogen-bond donors (Lipinski definition) is 1. The van der Waals surface area contributed by atoms with Crippen LogP contribution in [0.15, 0.2) is 36.0 Å². The van der Waals surface area contributed by atoms with Gasteiger partial charge in [-0.1, -0.05) is 57.2 Å². The largest absolute Gasteiger partial charge is 0.351 e. The van der Waals surface area contributed by atoms with Crippen LogP contribution in [0.3, 0.4) is 0 Å². The Morgan fingerprint density at radius 2 is 1.81 bits per heavy atom. The van der Waals surface area contributed by atoms with Crippen molar-refractivity contribution in [2.24, 2.45) is 0 Å². The van der Waals surface area contributed by atoms with Crippen molar-refractivity contribution in [3.05, 3.63) is 41.6 Å². The van der Waals surface area contributed by atoms with Gasteiger partial charge in [0.2, 0.25) is 5.91 Å². The smallest absolute Gasteiger partial charge is 0.261 e. The maximum absolute atomic E-state index is 12.7. The maximum atomic E-state index is 12.7. The van der Waals surface area contributed by atoms with Gasteiger partial charge >= 0.3 is 0 Å². The van der Waals surface area contributed by atoms with Gasteiger partial charge in [-0.05, 0) is 31.4 Å². The van der Waals surface area contributed by atoms with Crippen LogP contribution < -0.4 is 5.32 Å². The Hall–Kier alpha value is -3.07. The van der Waals surface area contributed by atoms with Crippen LogP contribution in [-0.2, 0) is 16.1 Å². The summed E-state index contributed by atoms with van der Waals surface area (Å²) in [4.78, 5) is 27.1. The molecular formula is C26H34N4O2. The summed E-state index contributed by atoms with van der Waals surface area (Å²) in [5.74, 6) is -0.234. The summed E-state index contributed by atoms with van der Waals surface area (Å²) in [6.45, 7) is 4.68. The van der Waals surface area contributed by atoms with Gasteiger partial charge in [-0.25, -0.2) is 0 Å². The number of benzene rings is 1. The van der Waals surface area contributed by atoms with Crippen molar-refractivity contribution in [2.45, 2.75) is 64.8 Å². The molecule has 0 saturated carbocycles. The molecule has 2 aromatic rings. The van der Waals surface area contributed by atoms with E-state index in [0.29, 0.717) is 6.54 Å². The maximum Gasteiger partial charge on any atom is 0.261 e. The van der Waals surface area contributed by atoms with Crippen molar-refractivity contribution in [1.29, 1.82) is 5.26 Å². The topological polar surface area (TPSA) is 78.1 Å². The standard InChI is InChI=1S/C26H34N4O2/c1-2-3-4-5-6-9-14-28-26(32)21(18-27)17-22-19-30(24-13-8-7-12-23(22)24)20-25(31)29-15-10-11-16-29/h7-8,12-13,17,19H,2-6,9-11,14-16,20H2,1H3,(H,28,32)/b21-17+. The van der Waals surface area contributed by atoms with Gasteiger partial charge in [0.05, 0.1) is 0 Å². The number of amides is 2. The fourth-order valence-electron chi connectivity index (χ4n) is 4.24. The fourth-order valence-corrected chi connectivity index (χ4v) is 4.24. The molecule has 1 aliphatic heterocycles. The third-order valence-corrected chi connectivity index (χ3v) is 6.06. The zero-order chi connectivity index (χ0) is 22.8. The highest BCUT2D eigenvalue weighted by atomic mass is 16.2. The Labute approximate surface area is 190 Å². The second-order valence-electron chi connectivity index (χ2n) is 8.51. The predicted octanol–water partition coefficient (Wildman–Crippen LogP) is 4.65. The number of unbranched alkanes of at least 4 members (excludes halogenated alkanes) is 5. The third kappa shape index (κ3) is 6.23. The van der Waals surface area contributed by atoms with Gasteiger partial charge in [0.25, 0.3) is 5.91 Å². The van der Waals surface area contributed by atoms with Crippen LogP contribution in [0.25, 0.3) is 17.0 Å². The second kappa shape index (κ2) is 12.1. The van der Waals surface area contributed by atoms with Gasteiger partial charge in [-0.3, -0.25) is 9.59 Å². The molecule has 1 saturated heterocycles. The number of nitriles is 1. The molecule has 3 rings (SSSR count). The van der Waals surface area contributed by atoms with E-state index >= 15 is 0 Å². The highest BCUT2D eigenvalue weighted by molar-refractivity contribution is 6.04. The molecule has 2 heterocycles. The minimum absolute atomic E-state index is 0.0877. The van der Waals surface area contributed by atoms with E-state index in [2.05, 4.69) is 12.2 Å². The molecule has 1 fully saturated rings. The highest BCUT2D eigenvalue weighted by Gasteiger charge is 2.19. The van der Waals surface area contributed by atoms with E-state index in [4.69, 9.17) is 0 Å². The number of rotatable bonds is 11. The summed E-state index contributed by atoms with van der Waals surface area (Å²) in [7, 11) is 0. The molecular weight excluding hydrogens is 400 g/mol. The number of carbonyl (C=O) groups excluding carboxylic acids is 2. The van der Waals surface area contributed by atoms with Crippen LogP contribution in [0.1, 0.15) is 63.9 Å². The van der Waals surface area contributed by atoms with Gasteiger partial charge < -0.3 is 14.8 Å². The van der Waals surface area contributed by atoms with Gasteiger partial charge in [0.15, 0.2) is 0 Å². The Morgan fingerprint density at radius 3 is 2.56 bits per heavy atom. The Morgan fingerprint density at radius 1 is 1.09 bits per heavy atom. The van der Waals surface area contributed by atoms with E-state index in [-0.39, 0.29) is 23.9 Å². The molecule has 1 aliphatic rings. The second-order valence-corrected chi connectivity index (χ2v) is 8.51. The SMILES string of the molecule is CCCCCCCCNC(=O)/C(C#N)=C/c1cn(CC(=O)N2CCCC2)c2ccccc12. The van der Waals surface area contributed by atoms with Crippen molar-refractivity contribution >= 4 is 28.8 Å². The number of fused-ring (bicyclic) bond motifs is 1. The van der Waals surface area contributed by atoms with E-state index in [0.717, 1.165) is 55.2 Å². The lowest BCUT2D eigenvalue weighted by Gasteiger charge is -2.15. The van der Waals surface area contributed by atoms with Crippen LogP contribution in [0.2, 0.25) is 0 Å². The first-order valence-corrected chi connectivity index (χ1v) is 11.9. The summed E-state index contributed by atoms with van der Waals surface area (Å²) in [5.41, 5.74) is 1.79. The Kier molecular flexibility index (Phi) is 8.91. The van der Waals surface area contributed by atoms with Crippen LogP contribution in [-0.4, -0.2) is 40.9 Å². The highest BCUT2D eigenvalue weighted by Crippen LogP contribution is 2.24. The molecule has 1 aromatic carbocycles. The first-order chi connectivity index (χ1) is 15.6. The summed E-state index contributed by atoms with van der Waals surface area (Å²) in [6.07, 6.45) is 12.5. The molecule has 0 aliphatic carbocycles. The average molecular weight is 435 g/mol. The first-order valence-electron chi connectivity index (χ1n) is 11.9. The normalized spacial score (nSPS) is 14.0. The van der Waals surface area contributed by atoms with Gasteiger partial charge in [-0.2, -0.15) is 5.26 Å². The molecule has 170 valence electrons. The molecule has 2 amide bonds. The molecule has 32 heavy (non-hydrogen) atoms. The fraction of sp³-hybridized carbons (Fsp3) is 0.500. The predicted molar refractivity (Wildman–Crippen MR) is 128 cm³/mol. The molecule has 0 radical (unpaired) electrons. The van der Waals surface area contributed by atoms with Crippen LogP contribution >= 0.6 is 0 Å². The van der Waals surface area contributed by atoms with E-state index in [1.54, 1.807) is 6.08 Å². The molecule has 0 unspecified atom stereocenters. The lowest BCUT2D eigenvalue weighted by atomic mass is 10.1. The van der Waals surface area contributed by atoms with Crippen molar-refractivity contribution in [2.75, 3.05) is 19.6 Å². The number of aromatic nitrogens is 1. The van der Waals surface area contributed by atoms with Crippen molar-refractivity contribution < 1.29 is 9.59 Å². The van der Waals surface area contributed by atoms with Crippen LogP contribution in [0.5, 0.6) is 0 Å². The number of nitrogens with zero attached hydrogens (tertiary/aromatic N) is 3. The molecule has 0 bridgehead atoms. The minimum Gasteiger partial charge on any atom is -0.351 e. The molecule has 6 heteroatoms. The number of para-hydroxylation sites is 1. The molecule has 1 N–H and O–H groups in total. The van der Waals surface area contributed by atoms with Crippen LogP contribution in [0.4, 0.5) is 0 Å². The van der Waals surface area contributed by atoms with Gasteiger partial charge in [0, 0.05) is 42.3 Å². The lowest BCUT2D eigenvalue weighted by molar-refractivity contribution is -0.130. The Bertz CT molecular complexity index is 993. The monoisotopic (exact) mass is 434 g/mol. The van der Waals surface area contributed by atoms with Crippen LogP contribution in [0, 0.1) is 11.3 Å². The van der Waals surface area contributed by atoms with Crippen molar-refractivity contribution in [1.82, 2.24) is 14.8 Å². The van der Waals surface area contributed by atoms with Crippen molar-refractivity contribution in [3.63, 3.8) is 0 Å². The first kappa shape index (κ1) is 23.6.